The molecule has 128 valence electrons. The second-order valence-corrected chi connectivity index (χ2v) is 6.98. The molecule has 0 aliphatic carbocycles. The van der Waals surface area contributed by atoms with Crippen LogP contribution in [0, 0.1) is 6.92 Å². The largest absolute Gasteiger partial charge is 0.349 e. The molecule has 0 radical (unpaired) electrons. The minimum absolute atomic E-state index is 0.0114. The Labute approximate surface area is 152 Å². The lowest BCUT2D eigenvalue weighted by molar-refractivity contribution is -0.121. The van der Waals surface area contributed by atoms with Crippen LogP contribution in [0.15, 0.2) is 60.0 Å². The van der Waals surface area contributed by atoms with Crippen LogP contribution < -0.4 is 5.32 Å². The van der Waals surface area contributed by atoms with E-state index in [1.807, 2.05) is 35.7 Å². The van der Waals surface area contributed by atoms with Gasteiger partial charge < -0.3 is 5.32 Å². The van der Waals surface area contributed by atoms with Crippen LogP contribution in [-0.2, 0) is 11.2 Å². The van der Waals surface area contributed by atoms with E-state index in [2.05, 4.69) is 48.4 Å². The lowest BCUT2D eigenvalue weighted by atomic mass is 10.0. The maximum atomic E-state index is 12.4. The first kappa shape index (κ1) is 17.4. The summed E-state index contributed by atoms with van der Waals surface area (Å²) in [7, 11) is 0. The highest BCUT2D eigenvalue weighted by Gasteiger charge is 2.14. The first-order valence-electron chi connectivity index (χ1n) is 8.51. The van der Waals surface area contributed by atoms with Gasteiger partial charge in [0.25, 0.3) is 0 Å². The number of benzene rings is 2. The molecule has 1 unspecified atom stereocenters. The number of thiazole rings is 1. The predicted octanol–water partition coefficient (Wildman–Crippen LogP) is 4.93. The fraction of sp³-hybridized carbons (Fsp3) is 0.238. The van der Waals surface area contributed by atoms with Crippen molar-refractivity contribution in [3.05, 3.63) is 76.8 Å². The second-order valence-electron chi connectivity index (χ2n) is 6.13. The fourth-order valence-corrected chi connectivity index (χ4v) is 3.56. The van der Waals surface area contributed by atoms with E-state index in [9.17, 15) is 4.79 Å². The molecule has 0 fully saturated rings. The average molecular weight is 350 g/mol. The van der Waals surface area contributed by atoms with E-state index >= 15 is 0 Å². The summed E-state index contributed by atoms with van der Waals surface area (Å²) in [5, 5.41) is 6.05. The molecule has 3 rings (SSSR count). The standard InChI is InChI=1S/C21H22N2OS/c1-3-19(16-11-9-15(2)10-12-16)23-20(24)13-18-14-25-21(22-18)17-7-5-4-6-8-17/h4-12,14,19H,3,13H2,1-2H3,(H,23,24). The van der Waals surface area contributed by atoms with Crippen molar-refractivity contribution in [1.82, 2.24) is 10.3 Å². The number of hydrogen-bond donors (Lipinski definition) is 1. The molecule has 0 aliphatic rings. The van der Waals surface area contributed by atoms with Gasteiger partial charge in [0.15, 0.2) is 0 Å². The quantitative estimate of drug-likeness (QED) is 0.685. The monoisotopic (exact) mass is 350 g/mol. The summed E-state index contributed by atoms with van der Waals surface area (Å²) >= 11 is 1.58. The molecule has 0 saturated heterocycles. The number of carbonyl (C=O) groups excluding carboxylic acids is 1. The molecular formula is C21H22N2OS. The summed E-state index contributed by atoms with van der Waals surface area (Å²) in [4.78, 5) is 17.0. The molecule has 4 heteroatoms. The Morgan fingerprint density at radius 3 is 2.52 bits per heavy atom. The molecule has 2 aromatic carbocycles. The SMILES string of the molecule is CCC(NC(=O)Cc1csc(-c2ccccc2)n1)c1ccc(C)cc1. The van der Waals surface area contributed by atoms with Crippen molar-refractivity contribution in [2.75, 3.05) is 0 Å². The Bertz CT molecular complexity index is 825. The number of amides is 1. The van der Waals surface area contributed by atoms with Crippen molar-refractivity contribution in [3.8, 4) is 10.6 Å². The van der Waals surface area contributed by atoms with Crippen LogP contribution in [0.5, 0.6) is 0 Å². The van der Waals surface area contributed by atoms with Crippen LogP contribution in [0.2, 0.25) is 0 Å². The van der Waals surface area contributed by atoms with E-state index in [-0.39, 0.29) is 11.9 Å². The Balaban J connectivity index is 1.64. The predicted molar refractivity (Wildman–Crippen MR) is 104 cm³/mol. The minimum atomic E-state index is 0.0114. The van der Waals surface area contributed by atoms with Gasteiger partial charge in [0.05, 0.1) is 18.2 Å². The summed E-state index contributed by atoms with van der Waals surface area (Å²) in [6.07, 6.45) is 1.17. The van der Waals surface area contributed by atoms with Gasteiger partial charge in [-0.2, -0.15) is 0 Å². The van der Waals surface area contributed by atoms with E-state index < -0.39 is 0 Å². The zero-order valence-corrected chi connectivity index (χ0v) is 15.3. The van der Waals surface area contributed by atoms with E-state index in [0.29, 0.717) is 6.42 Å². The minimum Gasteiger partial charge on any atom is -0.349 e. The Morgan fingerprint density at radius 2 is 1.84 bits per heavy atom. The average Bonchev–Trinajstić information content (AvgIpc) is 3.10. The van der Waals surface area contributed by atoms with Crippen molar-refractivity contribution >= 4 is 17.2 Å². The molecular weight excluding hydrogens is 328 g/mol. The molecule has 0 saturated carbocycles. The summed E-state index contributed by atoms with van der Waals surface area (Å²) in [6, 6.07) is 18.4. The molecule has 0 spiro atoms. The highest BCUT2D eigenvalue weighted by molar-refractivity contribution is 7.13. The smallest absolute Gasteiger partial charge is 0.226 e. The van der Waals surface area contributed by atoms with Crippen LogP contribution in [0.3, 0.4) is 0 Å². The van der Waals surface area contributed by atoms with E-state index in [0.717, 1.165) is 28.2 Å². The van der Waals surface area contributed by atoms with Crippen LogP contribution in [0.4, 0.5) is 0 Å². The number of aryl methyl sites for hydroxylation is 1. The summed E-state index contributed by atoms with van der Waals surface area (Å²) in [5.41, 5.74) is 4.27. The van der Waals surface area contributed by atoms with Gasteiger partial charge in [-0.25, -0.2) is 4.98 Å². The molecule has 0 aliphatic heterocycles. The van der Waals surface area contributed by atoms with E-state index in [1.165, 1.54) is 5.56 Å². The maximum Gasteiger partial charge on any atom is 0.226 e. The first-order chi connectivity index (χ1) is 12.2. The number of hydrogen-bond acceptors (Lipinski definition) is 3. The Hall–Kier alpha value is -2.46. The number of aromatic nitrogens is 1. The molecule has 1 N–H and O–H groups in total. The van der Waals surface area contributed by atoms with E-state index in [1.54, 1.807) is 11.3 Å². The van der Waals surface area contributed by atoms with Crippen molar-refractivity contribution < 1.29 is 4.79 Å². The zero-order chi connectivity index (χ0) is 17.6. The van der Waals surface area contributed by atoms with Crippen molar-refractivity contribution in [2.24, 2.45) is 0 Å². The second kappa shape index (κ2) is 8.08. The Kier molecular flexibility index (Phi) is 5.61. The number of rotatable bonds is 6. The van der Waals surface area contributed by atoms with Crippen molar-refractivity contribution in [2.45, 2.75) is 32.7 Å². The lowest BCUT2D eigenvalue weighted by Gasteiger charge is -2.17. The summed E-state index contributed by atoms with van der Waals surface area (Å²) < 4.78 is 0. The number of carbonyl (C=O) groups is 1. The number of nitrogens with zero attached hydrogens (tertiary/aromatic N) is 1. The van der Waals surface area contributed by atoms with Crippen LogP contribution in [0.1, 0.15) is 36.2 Å². The normalized spacial score (nSPS) is 11.9. The van der Waals surface area contributed by atoms with Gasteiger partial charge in [-0.1, -0.05) is 67.1 Å². The van der Waals surface area contributed by atoms with Gasteiger partial charge >= 0.3 is 0 Å². The summed E-state index contributed by atoms with van der Waals surface area (Å²) in [6.45, 7) is 4.15. The van der Waals surface area contributed by atoms with E-state index in [4.69, 9.17) is 0 Å². The Morgan fingerprint density at radius 1 is 1.12 bits per heavy atom. The third kappa shape index (κ3) is 4.54. The van der Waals surface area contributed by atoms with Crippen molar-refractivity contribution in [3.63, 3.8) is 0 Å². The molecule has 3 nitrogen and oxygen atoms in total. The molecule has 25 heavy (non-hydrogen) atoms. The maximum absolute atomic E-state index is 12.4. The summed E-state index contributed by atoms with van der Waals surface area (Å²) in [5.74, 6) is 0.0114. The molecule has 3 aromatic rings. The fourth-order valence-electron chi connectivity index (χ4n) is 2.73. The van der Waals surface area contributed by atoms with Gasteiger partial charge in [0.2, 0.25) is 5.91 Å². The van der Waals surface area contributed by atoms with Crippen LogP contribution in [-0.4, -0.2) is 10.9 Å². The highest BCUT2D eigenvalue weighted by Crippen LogP contribution is 2.24. The molecule has 1 aromatic heterocycles. The van der Waals surface area contributed by atoms with Gasteiger partial charge in [-0.05, 0) is 18.9 Å². The molecule has 1 heterocycles. The topological polar surface area (TPSA) is 42.0 Å². The third-order valence-corrected chi connectivity index (χ3v) is 5.08. The molecule has 1 amide bonds. The lowest BCUT2D eigenvalue weighted by Crippen LogP contribution is -2.29. The van der Waals surface area contributed by atoms with Crippen LogP contribution in [0.25, 0.3) is 10.6 Å². The molecule has 0 bridgehead atoms. The third-order valence-electron chi connectivity index (χ3n) is 4.14. The number of nitrogens with one attached hydrogen (secondary N) is 1. The first-order valence-corrected chi connectivity index (χ1v) is 9.39. The van der Waals surface area contributed by atoms with Crippen molar-refractivity contribution in [1.29, 1.82) is 0 Å². The van der Waals surface area contributed by atoms with Gasteiger partial charge in [0, 0.05) is 10.9 Å². The van der Waals surface area contributed by atoms with Gasteiger partial charge in [0.1, 0.15) is 5.01 Å². The van der Waals surface area contributed by atoms with Gasteiger partial charge in [-0.3, -0.25) is 4.79 Å². The highest BCUT2D eigenvalue weighted by atomic mass is 32.1. The van der Waals surface area contributed by atoms with Gasteiger partial charge in [-0.15, -0.1) is 11.3 Å². The zero-order valence-electron chi connectivity index (χ0n) is 14.5. The van der Waals surface area contributed by atoms with Crippen LogP contribution >= 0.6 is 11.3 Å². The molecule has 1 atom stereocenters.